The minimum atomic E-state index is -4.04. The second-order valence-corrected chi connectivity index (χ2v) is 9.64. The summed E-state index contributed by atoms with van der Waals surface area (Å²) in [5, 5.41) is 0. The summed E-state index contributed by atoms with van der Waals surface area (Å²) in [6.45, 7) is 0.478. The fraction of sp³-hybridized carbons (Fsp3) is 0.350. The van der Waals surface area contributed by atoms with Crippen LogP contribution in [0.5, 0.6) is 0 Å². The molecule has 0 radical (unpaired) electrons. The summed E-state index contributed by atoms with van der Waals surface area (Å²) in [5.41, 5.74) is -0.263. The topological polar surface area (TPSA) is 60.9 Å². The van der Waals surface area contributed by atoms with Gasteiger partial charge in [-0.15, -0.1) is 0 Å². The van der Waals surface area contributed by atoms with E-state index in [9.17, 15) is 26.4 Å². The van der Waals surface area contributed by atoms with Crippen molar-refractivity contribution in [2.45, 2.75) is 16.9 Å². The third-order valence-electron chi connectivity index (χ3n) is 5.88. The lowest BCUT2D eigenvalue weighted by Crippen LogP contribution is -2.64. The zero-order valence-electron chi connectivity index (χ0n) is 16.2. The van der Waals surface area contributed by atoms with Crippen LogP contribution in [0.15, 0.2) is 47.4 Å². The standard InChI is InChI=1S/C20H20F3N3O3S/c1-24-11-19(27)26(15-4-2-3-14(21)9-15)13-20(24)7-8-25(12-20)30(28,29)16-5-6-17(22)18(23)10-16/h2-6,9-10H,7-8,11-13H2,1H3. The first-order chi connectivity index (χ1) is 14.1. The number of rotatable bonds is 3. The van der Waals surface area contributed by atoms with E-state index in [2.05, 4.69) is 0 Å². The maximum Gasteiger partial charge on any atom is 0.243 e. The molecule has 1 amide bonds. The lowest BCUT2D eigenvalue weighted by atomic mass is 9.92. The smallest absolute Gasteiger partial charge is 0.243 e. The highest BCUT2D eigenvalue weighted by Gasteiger charge is 2.50. The number of halogens is 3. The third-order valence-corrected chi connectivity index (χ3v) is 7.72. The molecule has 0 aromatic heterocycles. The minimum Gasteiger partial charge on any atom is -0.309 e. The highest BCUT2D eigenvalue weighted by molar-refractivity contribution is 7.89. The van der Waals surface area contributed by atoms with E-state index in [0.717, 1.165) is 12.1 Å². The van der Waals surface area contributed by atoms with E-state index < -0.39 is 33.0 Å². The van der Waals surface area contributed by atoms with Crippen molar-refractivity contribution in [3.05, 3.63) is 59.9 Å². The molecule has 2 heterocycles. The quantitative estimate of drug-likeness (QED) is 0.736. The van der Waals surface area contributed by atoms with Crippen molar-refractivity contribution >= 4 is 21.6 Å². The average molecular weight is 439 g/mol. The molecule has 2 aliphatic heterocycles. The molecule has 0 saturated carbocycles. The number of anilines is 1. The number of likely N-dealkylation sites (N-methyl/N-ethyl adjacent to an activating group) is 1. The molecule has 0 aliphatic carbocycles. The largest absolute Gasteiger partial charge is 0.309 e. The first-order valence-corrected chi connectivity index (χ1v) is 10.8. The molecule has 6 nitrogen and oxygen atoms in total. The average Bonchev–Trinajstić information content (AvgIpc) is 3.13. The van der Waals surface area contributed by atoms with Gasteiger partial charge in [0.2, 0.25) is 15.9 Å². The van der Waals surface area contributed by atoms with Gasteiger partial charge >= 0.3 is 0 Å². The van der Waals surface area contributed by atoms with Crippen LogP contribution in [-0.4, -0.2) is 62.3 Å². The molecule has 2 fully saturated rings. The van der Waals surface area contributed by atoms with E-state index in [1.54, 1.807) is 13.1 Å². The third kappa shape index (κ3) is 3.48. The van der Waals surface area contributed by atoms with Crippen LogP contribution in [-0.2, 0) is 14.8 Å². The molecule has 160 valence electrons. The van der Waals surface area contributed by atoms with Crippen LogP contribution in [0, 0.1) is 17.5 Å². The Bertz CT molecular complexity index is 1110. The SMILES string of the molecule is CN1CC(=O)N(c2cccc(F)c2)CC12CCN(S(=O)(=O)c1ccc(F)c(F)c1)C2. The summed E-state index contributed by atoms with van der Waals surface area (Å²) in [5.74, 6) is -3.04. The predicted molar refractivity (Wildman–Crippen MR) is 104 cm³/mol. The van der Waals surface area contributed by atoms with Crippen LogP contribution >= 0.6 is 0 Å². The van der Waals surface area contributed by atoms with Gasteiger partial charge in [0, 0.05) is 25.3 Å². The Morgan fingerprint density at radius 2 is 1.77 bits per heavy atom. The highest BCUT2D eigenvalue weighted by atomic mass is 32.2. The van der Waals surface area contributed by atoms with Crippen LogP contribution < -0.4 is 4.90 Å². The number of hydrogen-bond acceptors (Lipinski definition) is 4. The number of hydrogen-bond donors (Lipinski definition) is 0. The molecule has 0 bridgehead atoms. The van der Waals surface area contributed by atoms with Gasteiger partial charge in [-0.2, -0.15) is 4.31 Å². The molecule has 1 atom stereocenters. The number of piperazine rings is 1. The number of sulfonamides is 1. The molecule has 2 aromatic rings. The van der Waals surface area contributed by atoms with Gasteiger partial charge in [0.1, 0.15) is 5.82 Å². The van der Waals surface area contributed by atoms with E-state index in [-0.39, 0.29) is 37.0 Å². The number of carbonyl (C=O) groups excluding carboxylic acids is 1. The maximum absolute atomic E-state index is 13.7. The Labute approximate surface area is 172 Å². The summed E-state index contributed by atoms with van der Waals surface area (Å²) in [6.07, 6.45) is 0.436. The number of nitrogens with zero attached hydrogens (tertiary/aromatic N) is 3. The summed E-state index contributed by atoms with van der Waals surface area (Å²) >= 11 is 0. The summed E-state index contributed by atoms with van der Waals surface area (Å²) < 4.78 is 67.6. The summed E-state index contributed by atoms with van der Waals surface area (Å²) in [6, 6.07) is 8.18. The van der Waals surface area contributed by atoms with Crippen molar-refractivity contribution in [1.29, 1.82) is 0 Å². The van der Waals surface area contributed by atoms with Gasteiger partial charge in [-0.25, -0.2) is 21.6 Å². The van der Waals surface area contributed by atoms with Crippen molar-refractivity contribution in [2.75, 3.05) is 38.1 Å². The normalized spacial score (nSPS) is 23.5. The molecular weight excluding hydrogens is 419 g/mol. The van der Waals surface area contributed by atoms with Crippen molar-refractivity contribution in [2.24, 2.45) is 0 Å². The maximum atomic E-state index is 13.7. The second-order valence-electron chi connectivity index (χ2n) is 7.70. The minimum absolute atomic E-state index is 0.0512. The zero-order valence-corrected chi connectivity index (χ0v) is 17.0. The van der Waals surface area contributed by atoms with Crippen molar-refractivity contribution in [3.8, 4) is 0 Å². The Hall–Kier alpha value is -2.43. The van der Waals surface area contributed by atoms with Crippen molar-refractivity contribution < 1.29 is 26.4 Å². The molecule has 30 heavy (non-hydrogen) atoms. The molecule has 4 rings (SSSR count). The Morgan fingerprint density at radius 1 is 1.00 bits per heavy atom. The van der Waals surface area contributed by atoms with Crippen LogP contribution in [0.2, 0.25) is 0 Å². The Morgan fingerprint density at radius 3 is 2.47 bits per heavy atom. The molecule has 10 heteroatoms. The lowest BCUT2D eigenvalue weighted by Gasteiger charge is -2.46. The number of benzene rings is 2. The van der Waals surface area contributed by atoms with Gasteiger partial charge in [0.25, 0.3) is 0 Å². The van der Waals surface area contributed by atoms with Gasteiger partial charge in [0.15, 0.2) is 11.6 Å². The molecule has 2 aliphatic rings. The highest BCUT2D eigenvalue weighted by Crippen LogP contribution is 2.36. The molecule has 2 saturated heterocycles. The van der Waals surface area contributed by atoms with Gasteiger partial charge in [0.05, 0.1) is 17.0 Å². The fourth-order valence-electron chi connectivity index (χ4n) is 4.09. The van der Waals surface area contributed by atoms with E-state index in [0.29, 0.717) is 18.2 Å². The monoisotopic (exact) mass is 439 g/mol. The molecule has 1 spiro atoms. The van der Waals surface area contributed by atoms with Crippen molar-refractivity contribution in [3.63, 3.8) is 0 Å². The lowest BCUT2D eigenvalue weighted by molar-refractivity contribution is -0.123. The fourth-order valence-corrected chi connectivity index (χ4v) is 5.62. The molecule has 2 aromatic carbocycles. The Kier molecular flexibility index (Phi) is 5.11. The summed E-state index contributed by atoms with van der Waals surface area (Å²) in [7, 11) is -2.30. The van der Waals surface area contributed by atoms with E-state index >= 15 is 0 Å². The van der Waals surface area contributed by atoms with Gasteiger partial charge in [-0.1, -0.05) is 6.07 Å². The van der Waals surface area contributed by atoms with E-state index in [4.69, 9.17) is 0 Å². The first-order valence-electron chi connectivity index (χ1n) is 9.35. The number of amides is 1. The summed E-state index contributed by atoms with van der Waals surface area (Å²) in [4.78, 5) is 15.5. The van der Waals surface area contributed by atoms with Gasteiger partial charge in [-0.05, 0) is 49.9 Å². The predicted octanol–water partition coefficient (Wildman–Crippen LogP) is 2.22. The first kappa shape index (κ1) is 20.8. The zero-order chi connectivity index (χ0) is 21.7. The molecule has 1 unspecified atom stereocenters. The second kappa shape index (κ2) is 7.36. The Balaban J connectivity index is 1.62. The number of carbonyl (C=O) groups is 1. The molecule has 0 N–H and O–H groups in total. The van der Waals surface area contributed by atoms with Gasteiger partial charge < -0.3 is 4.90 Å². The van der Waals surface area contributed by atoms with Crippen LogP contribution in [0.1, 0.15) is 6.42 Å². The van der Waals surface area contributed by atoms with Crippen LogP contribution in [0.3, 0.4) is 0 Å². The molecular formula is C20H20F3N3O3S. The van der Waals surface area contributed by atoms with E-state index in [1.807, 2.05) is 4.90 Å². The van der Waals surface area contributed by atoms with Gasteiger partial charge in [-0.3, -0.25) is 9.69 Å². The van der Waals surface area contributed by atoms with Crippen molar-refractivity contribution in [1.82, 2.24) is 9.21 Å². The van der Waals surface area contributed by atoms with Crippen LogP contribution in [0.25, 0.3) is 0 Å². The van der Waals surface area contributed by atoms with Crippen LogP contribution in [0.4, 0.5) is 18.9 Å². The van der Waals surface area contributed by atoms with E-state index in [1.165, 1.54) is 27.4 Å².